The van der Waals surface area contributed by atoms with Gasteiger partial charge in [-0.25, -0.2) is 0 Å². The minimum atomic E-state index is 0.381. The minimum Gasteiger partial charge on any atom is -0.459 e. The average Bonchev–Trinajstić information content (AvgIpc) is 2.77. The third-order valence-electron chi connectivity index (χ3n) is 3.23. The van der Waals surface area contributed by atoms with Crippen molar-refractivity contribution in [3.8, 4) is 11.1 Å². The van der Waals surface area contributed by atoms with Gasteiger partial charge < -0.3 is 10.2 Å². The average molecular weight is 272 g/mol. The van der Waals surface area contributed by atoms with Crippen LogP contribution in [-0.4, -0.2) is 0 Å². The van der Waals surface area contributed by atoms with Gasteiger partial charge in [0.05, 0.1) is 6.54 Å². The Hall–Kier alpha value is -1.77. The van der Waals surface area contributed by atoms with Crippen LogP contribution < -0.4 is 5.73 Å². The van der Waals surface area contributed by atoms with Crippen molar-refractivity contribution in [1.29, 1.82) is 0 Å². The number of fused-ring (bicyclic) bond motifs is 1. The van der Waals surface area contributed by atoms with E-state index in [1.807, 2.05) is 36.4 Å². The van der Waals surface area contributed by atoms with Gasteiger partial charge in [-0.2, -0.15) is 0 Å². The largest absolute Gasteiger partial charge is 0.459 e. The molecular weight excluding hydrogens is 258 g/mol. The van der Waals surface area contributed by atoms with E-state index in [2.05, 4.69) is 13.0 Å². The zero-order valence-corrected chi connectivity index (χ0v) is 11.4. The summed E-state index contributed by atoms with van der Waals surface area (Å²) < 4.78 is 5.83. The van der Waals surface area contributed by atoms with Crippen LogP contribution in [0.1, 0.15) is 11.3 Å². The molecule has 0 spiro atoms. The third kappa shape index (κ3) is 2.14. The van der Waals surface area contributed by atoms with Crippen molar-refractivity contribution in [2.75, 3.05) is 0 Å². The lowest BCUT2D eigenvalue weighted by molar-refractivity contribution is 0.554. The van der Waals surface area contributed by atoms with E-state index in [1.54, 1.807) is 0 Å². The van der Waals surface area contributed by atoms with Gasteiger partial charge in [0.15, 0.2) is 0 Å². The summed E-state index contributed by atoms with van der Waals surface area (Å²) >= 11 is 5.94. The fraction of sp³-hybridized carbons (Fsp3) is 0.125. The molecule has 0 saturated heterocycles. The highest BCUT2D eigenvalue weighted by molar-refractivity contribution is 6.30. The van der Waals surface area contributed by atoms with Crippen molar-refractivity contribution in [2.45, 2.75) is 13.5 Å². The molecule has 3 heteroatoms. The van der Waals surface area contributed by atoms with Crippen LogP contribution in [0.2, 0.25) is 5.02 Å². The normalized spacial score (nSPS) is 11.1. The van der Waals surface area contributed by atoms with Gasteiger partial charge >= 0.3 is 0 Å². The lowest BCUT2D eigenvalue weighted by atomic mass is 10.0. The molecule has 0 amide bonds. The van der Waals surface area contributed by atoms with E-state index in [0.29, 0.717) is 6.54 Å². The Morgan fingerprint density at radius 1 is 1.11 bits per heavy atom. The topological polar surface area (TPSA) is 39.2 Å². The number of benzene rings is 2. The first kappa shape index (κ1) is 12.3. The van der Waals surface area contributed by atoms with Crippen LogP contribution in [-0.2, 0) is 6.54 Å². The van der Waals surface area contributed by atoms with E-state index in [0.717, 1.165) is 32.9 Å². The van der Waals surface area contributed by atoms with Crippen LogP contribution in [0.3, 0.4) is 0 Å². The zero-order chi connectivity index (χ0) is 13.4. The Morgan fingerprint density at radius 3 is 2.53 bits per heavy atom. The number of furan rings is 1. The highest BCUT2D eigenvalue weighted by Crippen LogP contribution is 2.35. The van der Waals surface area contributed by atoms with Crippen LogP contribution in [0.4, 0.5) is 0 Å². The van der Waals surface area contributed by atoms with Gasteiger partial charge in [0.1, 0.15) is 11.3 Å². The maximum absolute atomic E-state index is 5.94. The van der Waals surface area contributed by atoms with Crippen molar-refractivity contribution in [2.24, 2.45) is 5.73 Å². The fourth-order valence-corrected chi connectivity index (χ4v) is 2.46. The van der Waals surface area contributed by atoms with Gasteiger partial charge in [0.25, 0.3) is 0 Å². The highest BCUT2D eigenvalue weighted by Gasteiger charge is 2.14. The van der Waals surface area contributed by atoms with E-state index < -0.39 is 0 Å². The van der Waals surface area contributed by atoms with E-state index in [1.165, 1.54) is 5.56 Å². The number of nitrogens with two attached hydrogens (primary N) is 1. The van der Waals surface area contributed by atoms with Crippen LogP contribution in [0, 0.1) is 6.92 Å². The molecule has 1 aromatic heterocycles. The van der Waals surface area contributed by atoms with E-state index in [4.69, 9.17) is 21.8 Å². The summed E-state index contributed by atoms with van der Waals surface area (Å²) in [6.07, 6.45) is 0. The molecule has 2 N–H and O–H groups in total. The molecular formula is C16H14ClNO. The maximum atomic E-state index is 5.94. The smallest absolute Gasteiger partial charge is 0.135 e. The number of aryl methyl sites for hydroxylation is 1. The van der Waals surface area contributed by atoms with Crippen LogP contribution in [0.25, 0.3) is 22.1 Å². The Balaban J connectivity index is 2.31. The third-order valence-corrected chi connectivity index (χ3v) is 3.49. The summed E-state index contributed by atoms with van der Waals surface area (Å²) in [6, 6.07) is 13.9. The lowest BCUT2D eigenvalue weighted by Gasteiger charge is -2.02. The molecule has 0 aliphatic heterocycles. The predicted molar refractivity (Wildman–Crippen MR) is 79.3 cm³/mol. The van der Waals surface area contributed by atoms with E-state index >= 15 is 0 Å². The van der Waals surface area contributed by atoms with E-state index in [-0.39, 0.29) is 0 Å². The quantitative estimate of drug-likeness (QED) is 0.744. The van der Waals surface area contributed by atoms with Gasteiger partial charge in [0.2, 0.25) is 0 Å². The van der Waals surface area contributed by atoms with Crippen molar-refractivity contribution >= 4 is 22.6 Å². The molecule has 2 nitrogen and oxygen atoms in total. The molecule has 0 atom stereocenters. The monoisotopic (exact) mass is 271 g/mol. The molecule has 0 saturated carbocycles. The highest BCUT2D eigenvalue weighted by atomic mass is 35.5. The standard InChI is InChI=1S/C16H14ClNO/c1-10-2-7-14-13(8-10)16(15(9-18)19-14)11-3-5-12(17)6-4-11/h2-8H,9,18H2,1H3. The number of halogens is 1. The van der Waals surface area contributed by atoms with Gasteiger partial charge in [0, 0.05) is 16.0 Å². The number of rotatable bonds is 2. The molecule has 0 aliphatic carbocycles. The summed E-state index contributed by atoms with van der Waals surface area (Å²) in [6.45, 7) is 2.45. The summed E-state index contributed by atoms with van der Waals surface area (Å²) in [4.78, 5) is 0. The first-order valence-corrected chi connectivity index (χ1v) is 6.55. The van der Waals surface area contributed by atoms with Gasteiger partial charge in [-0.1, -0.05) is 35.4 Å². The second kappa shape index (κ2) is 4.72. The molecule has 3 rings (SSSR count). The molecule has 0 aliphatic rings. The Labute approximate surface area is 116 Å². The van der Waals surface area contributed by atoms with Gasteiger partial charge in [-0.05, 0) is 36.8 Å². The van der Waals surface area contributed by atoms with Gasteiger partial charge in [-0.3, -0.25) is 0 Å². The maximum Gasteiger partial charge on any atom is 0.135 e. The lowest BCUT2D eigenvalue weighted by Crippen LogP contribution is -1.95. The Kier molecular flexibility index (Phi) is 3.05. The summed E-state index contributed by atoms with van der Waals surface area (Å²) in [7, 11) is 0. The molecule has 0 fully saturated rings. The Bertz CT molecular complexity index is 728. The zero-order valence-electron chi connectivity index (χ0n) is 10.6. The molecule has 1 heterocycles. The molecule has 0 radical (unpaired) electrons. The number of hydrogen-bond donors (Lipinski definition) is 1. The first-order valence-electron chi connectivity index (χ1n) is 6.17. The molecule has 3 aromatic rings. The second-order valence-electron chi connectivity index (χ2n) is 4.61. The minimum absolute atomic E-state index is 0.381. The Morgan fingerprint density at radius 2 is 1.84 bits per heavy atom. The first-order chi connectivity index (χ1) is 9.19. The summed E-state index contributed by atoms with van der Waals surface area (Å²) in [5.41, 5.74) is 10.0. The van der Waals surface area contributed by atoms with Crippen LogP contribution in [0.15, 0.2) is 46.9 Å². The summed E-state index contributed by atoms with van der Waals surface area (Å²) in [5, 5.41) is 1.82. The fourth-order valence-electron chi connectivity index (χ4n) is 2.34. The predicted octanol–water partition coefficient (Wildman–Crippen LogP) is 4.52. The molecule has 0 bridgehead atoms. The van der Waals surface area contributed by atoms with Gasteiger partial charge in [-0.15, -0.1) is 0 Å². The van der Waals surface area contributed by atoms with Crippen LogP contribution in [0.5, 0.6) is 0 Å². The SMILES string of the molecule is Cc1ccc2oc(CN)c(-c3ccc(Cl)cc3)c2c1. The number of hydrogen-bond acceptors (Lipinski definition) is 2. The van der Waals surface area contributed by atoms with Crippen molar-refractivity contribution in [3.05, 3.63) is 58.8 Å². The van der Waals surface area contributed by atoms with Crippen molar-refractivity contribution < 1.29 is 4.42 Å². The second-order valence-corrected chi connectivity index (χ2v) is 5.05. The van der Waals surface area contributed by atoms with Crippen molar-refractivity contribution in [3.63, 3.8) is 0 Å². The molecule has 0 unspecified atom stereocenters. The van der Waals surface area contributed by atoms with Crippen LogP contribution >= 0.6 is 11.6 Å². The molecule has 2 aromatic carbocycles. The molecule has 19 heavy (non-hydrogen) atoms. The molecule has 96 valence electrons. The van der Waals surface area contributed by atoms with E-state index in [9.17, 15) is 0 Å². The summed E-state index contributed by atoms with van der Waals surface area (Å²) in [5.74, 6) is 0.808. The van der Waals surface area contributed by atoms with Crippen molar-refractivity contribution in [1.82, 2.24) is 0 Å².